The molecule has 2 rings (SSSR count). The summed E-state index contributed by atoms with van der Waals surface area (Å²) in [4.78, 5) is 22.3. The van der Waals surface area contributed by atoms with Gasteiger partial charge >= 0.3 is 0 Å². The van der Waals surface area contributed by atoms with Crippen LogP contribution in [0.25, 0.3) is 0 Å². The highest BCUT2D eigenvalue weighted by molar-refractivity contribution is 5.92. The van der Waals surface area contributed by atoms with Crippen LogP contribution >= 0.6 is 0 Å². The van der Waals surface area contributed by atoms with Crippen LogP contribution in [-0.2, 0) is 0 Å². The van der Waals surface area contributed by atoms with E-state index < -0.39 is 0 Å². The number of carbonyl (C=O) groups is 1. The normalized spacial score (nSPS) is 14.7. The van der Waals surface area contributed by atoms with Crippen molar-refractivity contribution >= 4 is 5.91 Å². The first-order chi connectivity index (χ1) is 8.22. The molecule has 5 nitrogen and oxygen atoms in total. The van der Waals surface area contributed by atoms with Crippen LogP contribution in [0.1, 0.15) is 35.1 Å². The highest BCUT2D eigenvalue weighted by Crippen LogP contribution is 2.37. The summed E-state index contributed by atoms with van der Waals surface area (Å²) in [6.07, 6.45) is 3.97. The van der Waals surface area contributed by atoms with Crippen molar-refractivity contribution in [2.75, 3.05) is 27.2 Å². The summed E-state index contributed by atoms with van der Waals surface area (Å²) < 4.78 is 0. The van der Waals surface area contributed by atoms with E-state index in [-0.39, 0.29) is 5.91 Å². The minimum absolute atomic E-state index is 0.0375. The van der Waals surface area contributed by atoms with Gasteiger partial charge in [-0.2, -0.15) is 0 Å². The maximum atomic E-state index is 12.1. The lowest BCUT2D eigenvalue weighted by atomic mass is 10.3. The lowest BCUT2D eigenvalue weighted by Crippen LogP contribution is -2.33. The van der Waals surface area contributed by atoms with Crippen LogP contribution in [0.3, 0.4) is 0 Å². The molecule has 0 bridgehead atoms. The Morgan fingerprint density at radius 3 is 3.00 bits per heavy atom. The van der Waals surface area contributed by atoms with Gasteiger partial charge in [0, 0.05) is 32.3 Å². The summed E-state index contributed by atoms with van der Waals surface area (Å²) in [5.41, 5.74) is 0.500. The number of amides is 1. The van der Waals surface area contributed by atoms with E-state index in [9.17, 15) is 4.79 Å². The van der Waals surface area contributed by atoms with E-state index in [0.717, 1.165) is 25.2 Å². The molecule has 0 aromatic carbocycles. The van der Waals surface area contributed by atoms with Gasteiger partial charge in [0.1, 0.15) is 11.5 Å². The molecule has 1 heterocycles. The summed E-state index contributed by atoms with van der Waals surface area (Å²) in [5, 5.41) is 3.02. The molecule has 92 valence electrons. The number of hydrogen-bond donors (Lipinski definition) is 1. The summed E-state index contributed by atoms with van der Waals surface area (Å²) in [5.74, 6) is 1.26. The summed E-state index contributed by atoms with van der Waals surface area (Å²) >= 11 is 0. The number of rotatable bonds is 5. The minimum atomic E-state index is -0.0375. The Morgan fingerprint density at radius 2 is 2.35 bits per heavy atom. The number of likely N-dealkylation sites (N-methyl/N-ethyl adjacent to an activating group) is 2. The number of nitrogens with zero attached hydrogens (tertiary/aromatic N) is 3. The molecule has 0 saturated heterocycles. The molecule has 0 radical (unpaired) electrons. The Labute approximate surface area is 101 Å². The molecule has 17 heavy (non-hydrogen) atoms. The van der Waals surface area contributed by atoms with Crippen LogP contribution in [-0.4, -0.2) is 48.0 Å². The fourth-order valence-electron chi connectivity index (χ4n) is 1.61. The van der Waals surface area contributed by atoms with Gasteiger partial charge < -0.3 is 10.2 Å². The van der Waals surface area contributed by atoms with Crippen molar-refractivity contribution < 1.29 is 4.79 Å². The van der Waals surface area contributed by atoms with Crippen molar-refractivity contribution in [1.82, 2.24) is 20.2 Å². The molecular weight excluding hydrogens is 216 g/mol. The molecule has 1 amide bonds. The Morgan fingerprint density at radius 1 is 1.59 bits per heavy atom. The fraction of sp³-hybridized carbons (Fsp3) is 0.583. The largest absolute Gasteiger partial charge is 0.339 e. The quantitative estimate of drug-likeness (QED) is 0.812. The van der Waals surface area contributed by atoms with E-state index in [4.69, 9.17) is 0 Å². The zero-order chi connectivity index (χ0) is 12.3. The van der Waals surface area contributed by atoms with E-state index in [1.54, 1.807) is 24.2 Å². The van der Waals surface area contributed by atoms with Gasteiger partial charge in [-0.25, -0.2) is 9.97 Å². The topological polar surface area (TPSA) is 58.1 Å². The van der Waals surface area contributed by atoms with Crippen molar-refractivity contribution in [1.29, 1.82) is 0 Å². The van der Waals surface area contributed by atoms with Crippen molar-refractivity contribution in [2.24, 2.45) is 0 Å². The maximum absolute atomic E-state index is 12.1. The van der Waals surface area contributed by atoms with Gasteiger partial charge in [0.2, 0.25) is 0 Å². The molecule has 0 unspecified atom stereocenters. The molecule has 5 heteroatoms. The third-order valence-corrected chi connectivity index (χ3v) is 2.88. The highest BCUT2D eigenvalue weighted by Gasteiger charge is 2.27. The summed E-state index contributed by atoms with van der Waals surface area (Å²) in [7, 11) is 3.66. The van der Waals surface area contributed by atoms with Gasteiger partial charge in [-0.1, -0.05) is 0 Å². The third-order valence-electron chi connectivity index (χ3n) is 2.88. The number of hydrogen-bond acceptors (Lipinski definition) is 4. The zero-order valence-electron chi connectivity index (χ0n) is 10.3. The van der Waals surface area contributed by atoms with Crippen molar-refractivity contribution in [2.45, 2.75) is 18.8 Å². The Balaban J connectivity index is 2.04. The molecule has 1 N–H and O–H groups in total. The molecule has 1 aromatic heterocycles. The second-order valence-corrected chi connectivity index (χ2v) is 4.40. The smallest absolute Gasteiger partial charge is 0.272 e. The summed E-state index contributed by atoms with van der Waals surface area (Å²) in [6, 6.07) is 1.68. The SMILES string of the molecule is CNCCN(C)C(=O)c1ccnc(C2CC2)n1. The van der Waals surface area contributed by atoms with E-state index in [2.05, 4.69) is 15.3 Å². The Hall–Kier alpha value is -1.49. The lowest BCUT2D eigenvalue weighted by molar-refractivity contribution is 0.0790. The Kier molecular flexibility index (Phi) is 3.68. The third kappa shape index (κ3) is 3.00. The maximum Gasteiger partial charge on any atom is 0.272 e. The highest BCUT2D eigenvalue weighted by atomic mass is 16.2. The number of nitrogens with one attached hydrogen (secondary N) is 1. The second kappa shape index (κ2) is 5.23. The van der Waals surface area contributed by atoms with Gasteiger partial charge in [0.25, 0.3) is 5.91 Å². The first-order valence-corrected chi connectivity index (χ1v) is 5.95. The van der Waals surface area contributed by atoms with Gasteiger partial charge in [0.15, 0.2) is 0 Å². The monoisotopic (exact) mass is 234 g/mol. The van der Waals surface area contributed by atoms with Crippen LogP contribution in [0.4, 0.5) is 0 Å². The number of carbonyl (C=O) groups excluding carboxylic acids is 1. The standard InChI is InChI=1S/C12H18N4O/c1-13-7-8-16(2)12(17)10-5-6-14-11(15-10)9-3-4-9/h5-6,9,13H,3-4,7-8H2,1-2H3. The van der Waals surface area contributed by atoms with Crippen molar-refractivity contribution in [3.63, 3.8) is 0 Å². The Bertz CT molecular complexity index is 403. The molecule has 1 fully saturated rings. The first-order valence-electron chi connectivity index (χ1n) is 5.95. The molecule has 1 aliphatic rings. The zero-order valence-corrected chi connectivity index (χ0v) is 10.3. The van der Waals surface area contributed by atoms with Gasteiger partial charge in [0.05, 0.1) is 0 Å². The average molecular weight is 234 g/mol. The van der Waals surface area contributed by atoms with Crippen LogP contribution < -0.4 is 5.32 Å². The predicted molar refractivity (Wildman–Crippen MR) is 64.9 cm³/mol. The molecule has 0 spiro atoms. The summed E-state index contributed by atoms with van der Waals surface area (Å²) in [6.45, 7) is 1.46. The van der Waals surface area contributed by atoms with E-state index in [0.29, 0.717) is 18.2 Å². The van der Waals surface area contributed by atoms with Gasteiger partial charge in [-0.15, -0.1) is 0 Å². The van der Waals surface area contributed by atoms with Crippen LogP contribution in [0.2, 0.25) is 0 Å². The predicted octanol–water partition coefficient (Wildman–Crippen LogP) is 0.645. The molecule has 1 saturated carbocycles. The molecule has 1 aliphatic carbocycles. The average Bonchev–Trinajstić information content (AvgIpc) is 3.19. The number of aromatic nitrogens is 2. The van der Waals surface area contributed by atoms with Crippen LogP contribution in [0, 0.1) is 0 Å². The van der Waals surface area contributed by atoms with Gasteiger partial charge in [-0.05, 0) is 26.0 Å². The molecular formula is C12H18N4O. The van der Waals surface area contributed by atoms with E-state index in [1.165, 1.54) is 0 Å². The van der Waals surface area contributed by atoms with Crippen molar-refractivity contribution in [3.8, 4) is 0 Å². The van der Waals surface area contributed by atoms with E-state index in [1.807, 2.05) is 7.05 Å². The lowest BCUT2D eigenvalue weighted by Gasteiger charge is -2.16. The minimum Gasteiger partial charge on any atom is -0.339 e. The van der Waals surface area contributed by atoms with Crippen LogP contribution in [0.5, 0.6) is 0 Å². The van der Waals surface area contributed by atoms with E-state index >= 15 is 0 Å². The first kappa shape index (κ1) is 12.0. The molecule has 0 aliphatic heterocycles. The van der Waals surface area contributed by atoms with Crippen molar-refractivity contribution in [3.05, 3.63) is 23.8 Å². The van der Waals surface area contributed by atoms with Gasteiger partial charge in [-0.3, -0.25) is 4.79 Å². The molecule has 0 atom stereocenters. The fourth-order valence-corrected chi connectivity index (χ4v) is 1.61. The molecule has 1 aromatic rings. The van der Waals surface area contributed by atoms with Crippen LogP contribution in [0.15, 0.2) is 12.3 Å². The second-order valence-electron chi connectivity index (χ2n) is 4.40.